The standard InChI is InChI=1S/C20H17NO7/c1-25-15-9-13(10-16(26-2)17(15)27-3)18-21-14(20(24)28-18)8-11-4-6-12(7-5-11)19(22)23/h4-10H,1-3H3,(H,22,23)/p-1/b14-8-. The summed E-state index contributed by atoms with van der Waals surface area (Å²) in [4.78, 5) is 27.2. The number of aromatic carboxylic acids is 1. The molecule has 0 N–H and O–H groups in total. The topological polar surface area (TPSA) is 106 Å². The predicted octanol–water partition coefficient (Wildman–Crippen LogP) is 1.42. The maximum atomic E-state index is 12.2. The number of carboxylic acid groups (broad SMARTS) is 1. The first-order chi connectivity index (χ1) is 13.5. The van der Waals surface area contributed by atoms with Crippen LogP contribution in [0.15, 0.2) is 47.1 Å². The number of methoxy groups -OCH3 is 3. The minimum atomic E-state index is -1.28. The highest BCUT2D eigenvalue weighted by molar-refractivity contribution is 6.13. The number of aliphatic imine (C=N–C) groups is 1. The van der Waals surface area contributed by atoms with E-state index < -0.39 is 11.9 Å². The summed E-state index contributed by atoms with van der Waals surface area (Å²) in [5, 5.41) is 10.8. The molecule has 0 fully saturated rings. The number of esters is 1. The van der Waals surface area contributed by atoms with Gasteiger partial charge < -0.3 is 28.8 Å². The molecule has 1 heterocycles. The van der Waals surface area contributed by atoms with Gasteiger partial charge in [0.25, 0.3) is 0 Å². The Morgan fingerprint density at radius 2 is 1.64 bits per heavy atom. The number of carboxylic acids is 1. The van der Waals surface area contributed by atoms with Crippen molar-refractivity contribution in [2.45, 2.75) is 0 Å². The molecule has 0 aliphatic carbocycles. The van der Waals surface area contributed by atoms with Crippen molar-refractivity contribution in [3.63, 3.8) is 0 Å². The number of rotatable bonds is 6. The molecule has 0 aromatic heterocycles. The number of carbonyl (C=O) groups is 2. The Morgan fingerprint density at radius 1 is 1.04 bits per heavy atom. The molecule has 2 aromatic rings. The zero-order chi connectivity index (χ0) is 20.3. The fraction of sp³-hybridized carbons (Fsp3) is 0.150. The molecule has 1 aliphatic rings. The minimum Gasteiger partial charge on any atom is -0.545 e. The van der Waals surface area contributed by atoms with Gasteiger partial charge in [-0.15, -0.1) is 0 Å². The van der Waals surface area contributed by atoms with Gasteiger partial charge in [0.05, 0.1) is 27.3 Å². The first kappa shape index (κ1) is 19.0. The zero-order valence-corrected chi connectivity index (χ0v) is 15.3. The van der Waals surface area contributed by atoms with E-state index >= 15 is 0 Å². The molecule has 0 spiro atoms. The molecule has 3 rings (SSSR count). The highest BCUT2D eigenvalue weighted by Gasteiger charge is 2.26. The molecule has 0 unspecified atom stereocenters. The van der Waals surface area contributed by atoms with E-state index in [-0.39, 0.29) is 17.2 Å². The van der Waals surface area contributed by atoms with Crippen LogP contribution in [-0.2, 0) is 9.53 Å². The van der Waals surface area contributed by atoms with E-state index in [0.717, 1.165) is 0 Å². The lowest BCUT2D eigenvalue weighted by molar-refractivity contribution is -0.255. The number of carbonyl (C=O) groups excluding carboxylic acids is 2. The third-order valence-electron chi connectivity index (χ3n) is 3.98. The van der Waals surface area contributed by atoms with Gasteiger partial charge in [-0.05, 0) is 29.3 Å². The highest BCUT2D eigenvalue weighted by Crippen LogP contribution is 2.39. The van der Waals surface area contributed by atoms with E-state index in [9.17, 15) is 14.7 Å². The van der Waals surface area contributed by atoms with Crippen molar-refractivity contribution in [3.05, 3.63) is 58.8 Å². The van der Waals surface area contributed by atoms with Gasteiger partial charge in [-0.25, -0.2) is 9.79 Å². The molecule has 0 saturated heterocycles. The second-order valence-electron chi connectivity index (χ2n) is 5.66. The van der Waals surface area contributed by atoms with Crippen LogP contribution in [0.25, 0.3) is 6.08 Å². The molecular weight excluding hydrogens is 366 g/mol. The SMILES string of the molecule is COc1cc(C2=N/C(=C\c3ccc(C(=O)[O-])cc3)C(=O)O2)cc(OC)c1OC. The molecule has 8 heteroatoms. The number of benzene rings is 2. The molecular formula is C20H16NO7-. The number of cyclic esters (lactones) is 1. The third-order valence-corrected chi connectivity index (χ3v) is 3.98. The largest absolute Gasteiger partial charge is 0.545 e. The van der Waals surface area contributed by atoms with Crippen LogP contribution >= 0.6 is 0 Å². The zero-order valence-electron chi connectivity index (χ0n) is 15.3. The van der Waals surface area contributed by atoms with Crippen molar-refractivity contribution in [1.29, 1.82) is 0 Å². The van der Waals surface area contributed by atoms with Gasteiger partial charge >= 0.3 is 5.97 Å². The molecule has 0 bridgehead atoms. The summed E-state index contributed by atoms with van der Waals surface area (Å²) < 4.78 is 21.1. The number of hydrogen-bond donors (Lipinski definition) is 0. The van der Waals surface area contributed by atoms with E-state index in [2.05, 4.69) is 4.99 Å². The molecule has 144 valence electrons. The lowest BCUT2D eigenvalue weighted by atomic mass is 10.1. The van der Waals surface area contributed by atoms with Gasteiger partial charge in [0.2, 0.25) is 11.6 Å². The van der Waals surface area contributed by atoms with E-state index in [4.69, 9.17) is 18.9 Å². The molecule has 1 aliphatic heterocycles. The first-order valence-corrected chi connectivity index (χ1v) is 8.11. The molecule has 2 aromatic carbocycles. The van der Waals surface area contributed by atoms with Gasteiger partial charge in [0.1, 0.15) is 0 Å². The lowest BCUT2D eigenvalue weighted by Gasteiger charge is -2.13. The maximum Gasteiger partial charge on any atom is 0.363 e. The fourth-order valence-electron chi connectivity index (χ4n) is 2.61. The molecule has 0 radical (unpaired) electrons. The number of ether oxygens (including phenoxy) is 4. The molecule has 0 saturated carbocycles. The van der Waals surface area contributed by atoms with E-state index in [1.807, 2.05) is 0 Å². The Labute approximate surface area is 160 Å². The summed E-state index contributed by atoms with van der Waals surface area (Å²) in [5.41, 5.74) is 1.17. The van der Waals surface area contributed by atoms with Gasteiger partial charge in [0, 0.05) is 5.56 Å². The van der Waals surface area contributed by atoms with Crippen LogP contribution in [0.3, 0.4) is 0 Å². The van der Waals surface area contributed by atoms with E-state index in [0.29, 0.717) is 28.4 Å². The normalized spacial score (nSPS) is 14.5. The molecule has 8 nitrogen and oxygen atoms in total. The maximum absolute atomic E-state index is 12.2. The van der Waals surface area contributed by atoms with Gasteiger partial charge in [-0.1, -0.05) is 24.3 Å². The van der Waals surface area contributed by atoms with Crippen molar-refractivity contribution in [3.8, 4) is 17.2 Å². The summed E-state index contributed by atoms with van der Waals surface area (Å²) >= 11 is 0. The van der Waals surface area contributed by atoms with Gasteiger partial charge in [-0.2, -0.15) is 0 Å². The van der Waals surface area contributed by atoms with Crippen LogP contribution < -0.4 is 19.3 Å². The summed E-state index contributed by atoms with van der Waals surface area (Å²) in [6, 6.07) is 9.07. The van der Waals surface area contributed by atoms with Crippen molar-refractivity contribution >= 4 is 23.9 Å². The Morgan fingerprint density at radius 3 is 2.14 bits per heavy atom. The van der Waals surface area contributed by atoms with E-state index in [1.165, 1.54) is 39.5 Å². The average Bonchev–Trinajstić information content (AvgIpc) is 3.07. The summed E-state index contributed by atoms with van der Waals surface area (Å²) in [7, 11) is 4.44. The van der Waals surface area contributed by atoms with E-state index in [1.54, 1.807) is 24.3 Å². The lowest BCUT2D eigenvalue weighted by Crippen LogP contribution is -2.21. The minimum absolute atomic E-state index is 0.0396. The first-order valence-electron chi connectivity index (χ1n) is 8.11. The smallest absolute Gasteiger partial charge is 0.363 e. The number of nitrogens with zero attached hydrogens (tertiary/aromatic N) is 1. The quantitative estimate of drug-likeness (QED) is 0.549. The summed E-state index contributed by atoms with van der Waals surface area (Å²) in [5.74, 6) is -0.629. The summed E-state index contributed by atoms with van der Waals surface area (Å²) in [6.45, 7) is 0. The number of hydrogen-bond acceptors (Lipinski definition) is 8. The van der Waals surface area contributed by atoms with Crippen molar-refractivity contribution in [2.75, 3.05) is 21.3 Å². The van der Waals surface area contributed by atoms with Crippen LogP contribution in [0.2, 0.25) is 0 Å². The Kier molecular flexibility index (Phi) is 5.30. The molecule has 28 heavy (non-hydrogen) atoms. The average molecular weight is 382 g/mol. The van der Waals surface area contributed by atoms with Gasteiger partial charge in [0.15, 0.2) is 17.2 Å². The van der Waals surface area contributed by atoms with Crippen molar-refractivity contribution in [2.24, 2.45) is 4.99 Å². The second kappa shape index (κ2) is 7.83. The monoisotopic (exact) mass is 382 g/mol. The predicted molar refractivity (Wildman–Crippen MR) is 97.5 cm³/mol. The highest BCUT2D eigenvalue weighted by atomic mass is 16.6. The van der Waals surface area contributed by atoms with Gasteiger partial charge in [-0.3, -0.25) is 0 Å². The van der Waals surface area contributed by atoms with Crippen LogP contribution in [0.4, 0.5) is 0 Å². The summed E-state index contributed by atoms with van der Waals surface area (Å²) in [6.07, 6.45) is 1.49. The van der Waals surface area contributed by atoms with Crippen molar-refractivity contribution < 1.29 is 33.6 Å². The van der Waals surface area contributed by atoms with Crippen LogP contribution in [0.5, 0.6) is 17.2 Å². The van der Waals surface area contributed by atoms with Crippen LogP contribution in [-0.4, -0.2) is 39.2 Å². The third kappa shape index (κ3) is 3.66. The Bertz CT molecular complexity index is 965. The second-order valence-corrected chi connectivity index (χ2v) is 5.66. The molecule has 0 atom stereocenters. The Balaban J connectivity index is 1.96. The Hall–Kier alpha value is -3.81. The van der Waals surface area contributed by atoms with Crippen LogP contribution in [0.1, 0.15) is 21.5 Å². The van der Waals surface area contributed by atoms with Crippen molar-refractivity contribution in [1.82, 2.24) is 0 Å². The molecule has 0 amide bonds. The fourth-order valence-corrected chi connectivity index (χ4v) is 2.61. The van der Waals surface area contributed by atoms with Crippen LogP contribution in [0, 0.1) is 0 Å².